The number of nitrogens with one attached hydrogen (secondary N) is 1. The van der Waals surface area contributed by atoms with Crippen molar-refractivity contribution < 1.29 is 27.9 Å². The molecule has 1 atom stereocenters. The van der Waals surface area contributed by atoms with E-state index in [2.05, 4.69) is 5.32 Å². The molecule has 0 radical (unpaired) electrons. The number of amides is 1. The Morgan fingerprint density at radius 1 is 0.952 bits per heavy atom. The zero-order chi connectivity index (χ0) is 29.9. The van der Waals surface area contributed by atoms with Gasteiger partial charge in [0.2, 0.25) is 5.91 Å². The number of aliphatic carboxylic acids is 1. The van der Waals surface area contributed by atoms with Crippen molar-refractivity contribution in [3.63, 3.8) is 0 Å². The Balaban J connectivity index is 1.30. The van der Waals surface area contributed by atoms with Crippen LogP contribution in [0.15, 0.2) is 95.9 Å². The number of para-hydroxylation sites is 1. The zero-order valence-corrected chi connectivity index (χ0v) is 24.5. The minimum Gasteiger partial charge on any atom is -0.492 e. The topological polar surface area (TPSA) is 113 Å². The first-order valence-electron chi connectivity index (χ1n) is 13.0. The summed E-state index contributed by atoms with van der Waals surface area (Å²) in [5.41, 5.74) is 3.23. The number of benzene rings is 4. The summed E-state index contributed by atoms with van der Waals surface area (Å²) < 4.78 is 34.7. The summed E-state index contributed by atoms with van der Waals surface area (Å²) in [6.07, 6.45) is 0.142. The number of rotatable bonds is 10. The number of carbonyl (C=O) groups excluding carboxylic acids is 1. The van der Waals surface area contributed by atoms with Gasteiger partial charge in [-0.3, -0.25) is 13.9 Å². The van der Waals surface area contributed by atoms with Gasteiger partial charge in [0.1, 0.15) is 18.4 Å². The summed E-state index contributed by atoms with van der Waals surface area (Å²) >= 11 is 12.4. The van der Waals surface area contributed by atoms with Crippen LogP contribution in [0.5, 0.6) is 5.75 Å². The van der Waals surface area contributed by atoms with Crippen molar-refractivity contribution in [1.29, 1.82) is 0 Å². The van der Waals surface area contributed by atoms with E-state index >= 15 is 0 Å². The lowest BCUT2D eigenvalue weighted by Crippen LogP contribution is -2.48. The molecule has 1 heterocycles. The fraction of sp³-hybridized carbons (Fsp3) is 0.161. The van der Waals surface area contributed by atoms with Gasteiger partial charge in [0.25, 0.3) is 10.0 Å². The van der Waals surface area contributed by atoms with Crippen LogP contribution in [0.3, 0.4) is 0 Å². The third-order valence-corrected chi connectivity index (χ3v) is 9.23. The molecule has 11 heteroatoms. The number of anilines is 1. The molecule has 5 rings (SSSR count). The number of halogens is 2. The highest BCUT2D eigenvalue weighted by atomic mass is 35.5. The van der Waals surface area contributed by atoms with E-state index in [9.17, 15) is 18.0 Å². The molecule has 0 aliphatic carbocycles. The third-order valence-electron chi connectivity index (χ3n) is 6.83. The van der Waals surface area contributed by atoms with Crippen LogP contribution in [0, 0.1) is 0 Å². The Morgan fingerprint density at radius 3 is 2.38 bits per heavy atom. The molecule has 0 saturated heterocycles. The second-order valence-electron chi connectivity index (χ2n) is 9.65. The smallest absolute Gasteiger partial charge is 0.307 e. The maximum atomic E-state index is 13.9. The van der Waals surface area contributed by atoms with Crippen molar-refractivity contribution in [3.8, 4) is 16.9 Å². The number of carboxylic acids is 1. The van der Waals surface area contributed by atoms with Crippen molar-refractivity contribution >= 4 is 50.8 Å². The number of fused-ring (bicyclic) bond motifs is 1. The summed E-state index contributed by atoms with van der Waals surface area (Å²) in [5, 5.41) is 12.7. The summed E-state index contributed by atoms with van der Waals surface area (Å²) in [5.74, 6) is -0.841. The molecule has 0 spiro atoms. The quantitative estimate of drug-likeness (QED) is 0.222. The van der Waals surface area contributed by atoms with Gasteiger partial charge < -0.3 is 15.2 Å². The molecule has 0 aromatic heterocycles. The first-order valence-corrected chi connectivity index (χ1v) is 15.2. The van der Waals surface area contributed by atoms with Crippen LogP contribution in [-0.4, -0.2) is 44.6 Å². The summed E-state index contributed by atoms with van der Waals surface area (Å²) in [6, 6.07) is 24.1. The SMILES string of the molecule is O=C(O)Cc1ccc(OCCNC(=O)[C@@H]2Cc3ccccc3N2S(=O)(=O)c2ccc(-c3cc(Cl)ccc3Cl)cc2)cc1. The van der Waals surface area contributed by atoms with Gasteiger partial charge in [0, 0.05) is 22.0 Å². The van der Waals surface area contributed by atoms with E-state index in [1.807, 2.05) is 12.1 Å². The standard InChI is InChI=1S/C31H26Cl2N2O6S/c32-23-9-14-27(33)26(19-23)21-7-12-25(13-8-21)42(39,40)35-28-4-2-1-3-22(28)18-29(35)31(38)34-15-16-41-24-10-5-20(6-11-24)17-30(36)37/h1-14,19,29H,15-18H2,(H,34,38)(H,36,37)/t29-/m0/s1. The molecule has 0 bridgehead atoms. The largest absolute Gasteiger partial charge is 0.492 e. The van der Waals surface area contributed by atoms with Gasteiger partial charge in [-0.25, -0.2) is 8.42 Å². The zero-order valence-electron chi connectivity index (χ0n) is 22.2. The van der Waals surface area contributed by atoms with Crippen molar-refractivity contribution in [2.24, 2.45) is 0 Å². The number of hydrogen-bond donors (Lipinski definition) is 2. The molecule has 4 aromatic rings. The molecule has 0 fully saturated rings. The van der Waals surface area contributed by atoms with E-state index in [1.165, 1.54) is 16.4 Å². The van der Waals surface area contributed by atoms with Crippen LogP contribution in [0.25, 0.3) is 11.1 Å². The lowest BCUT2D eigenvalue weighted by Gasteiger charge is -2.26. The van der Waals surface area contributed by atoms with Crippen molar-refractivity contribution in [1.82, 2.24) is 5.32 Å². The van der Waals surface area contributed by atoms with E-state index in [0.29, 0.717) is 38.2 Å². The van der Waals surface area contributed by atoms with Crippen molar-refractivity contribution in [2.75, 3.05) is 17.5 Å². The number of hydrogen-bond acceptors (Lipinski definition) is 5. The van der Waals surface area contributed by atoms with Crippen LogP contribution in [0.1, 0.15) is 11.1 Å². The molecule has 1 aliphatic heterocycles. The van der Waals surface area contributed by atoms with Gasteiger partial charge in [-0.1, -0.05) is 65.7 Å². The molecule has 1 aliphatic rings. The van der Waals surface area contributed by atoms with Crippen LogP contribution in [0.2, 0.25) is 10.0 Å². The van der Waals surface area contributed by atoms with Crippen molar-refractivity contribution in [3.05, 3.63) is 112 Å². The van der Waals surface area contributed by atoms with Gasteiger partial charge in [-0.05, 0) is 65.2 Å². The molecule has 216 valence electrons. The monoisotopic (exact) mass is 624 g/mol. The lowest BCUT2D eigenvalue weighted by atomic mass is 10.1. The maximum absolute atomic E-state index is 13.9. The first kappa shape index (κ1) is 29.4. The average molecular weight is 626 g/mol. The molecule has 1 amide bonds. The molecule has 0 unspecified atom stereocenters. The summed E-state index contributed by atoms with van der Waals surface area (Å²) in [7, 11) is -4.11. The summed E-state index contributed by atoms with van der Waals surface area (Å²) in [6.45, 7) is 0.287. The average Bonchev–Trinajstić information content (AvgIpc) is 3.38. The first-order chi connectivity index (χ1) is 20.1. The molecule has 8 nitrogen and oxygen atoms in total. The number of ether oxygens (including phenoxy) is 1. The van der Waals surface area contributed by atoms with Crippen LogP contribution >= 0.6 is 23.2 Å². The fourth-order valence-electron chi connectivity index (χ4n) is 4.83. The Hall–Kier alpha value is -4.05. The van der Waals surface area contributed by atoms with Gasteiger partial charge in [-0.15, -0.1) is 0 Å². The molecular formula is C31H26Cl2N2O6S. The highest BCUT2D eigenvalue weighted by Gasteiger charge is 2.42. The van der Waals surface area contributed by atoms with Crippen molar-refractivity contribution in [2.45, 2.75) is 23.8 Å². The Labute approximate surface area is 253 Å². The Morgan fingerprint density at radius 2 is 1.67 bits per heavy atom. The Kier molecular flexibility index (Phi) is 8.72. The predicted molar refractivity (Wildman–Crippen MR) is 162 cm³/mol. The minimum absolute atomic E-state index is 0.0357. The lowest BCUT2D eigenvalue weighted by molar-refractivity contribution is -0.136. The highest BCUT2D eigenvalue weighted by Crippen LogP contribution is 2.38. The highest BCUT2D eigenvalue weighted by molar-refractivity contribution is 7.93. The van der Waals surface area contributed by atoms with E-state index in [1.54, 1.807) is 66.7 Å². The van der Waals surface area contributed by atoms with Gasteiger partial charge in [0.15, 0.2) is 0 Å². The Bertz CT molecular complexity index is 1730. The van der Waals surface area contributed by atoms with Gasteiger partial charge in [0.05, 0.1) is 23.5 Å². The molecule has 4 aromatic carbocycles. The number of carbonyl (C=O) groups is 2. The van der Waals surface area contributed by atoms with Crippen LogP contribution in [-0.2, 0) is 32.5 Å². The molecule has 42 heavy (non-hydrogen) atoms. The normalized spacial score (nSPS) is 14.3. The molecule has 2 N–H and O–H groups in total. The fourth-order valence-corrected chi connectivity index (χ4v) is 6.88. The number of nitrogens with zero attached hydrogens (tertiary/aromatic N) is 1. The predicted octanol–water partition coefficient (Wildman–Crippen LogP) is 5.60. The van der Waals surface area contributed by atoms with Crippen LogP contribution in [0.4, 0.5) is 5.69 Å². The van der Waals surface area contributed by atoms with Gasteiger partial charge >= 0.3 is 5.97 Å². The second kappa shape index (κ2) is 12.4. The van der Waals surface area contributed by atoms with E-state index in [4.69, 9.17) is 33.0 Å². The molecular weight excluding hydrogens is 599 g/mol. The van der Waals surface area contributed by atoms with E-state index in [0.717, 1.165) is 5.56 Å². The number of sulfonamides is 1. The second-order valence-corrected chi connectivity index (χ2v) is 12.3. The van der Waals surface area contributed by atoms with E-state index in [-0.39, 0.29) is 30.9 Å². The van der Waals surface area contributed by atoms with Gasteiger partial charge in [-0.2, -0.15) is 0 Å². The number of carboxylic acid groups (broad SMARTS) is 1. The minimum atomic E-state index is -4.11. The van der Waals surface area contributed by atoms with E-state index < -0.39 is 27.9 Å². The maximum Gasteiger partial charge on any atom is 0.307 e. The summed E-state index contributed by atoms with van der Waals surface area (Å²) in [4.78, 5) is 24.2. The van der Waals surface area contributed by atoms with Crippen LogP contribution < -0.4 is 14.4 Å². The third kappa shape index (κ3) is 6.38. The molecule has 0 saturated carbocycles.